The molecule has 0 radical (unpaired) electrons. The van der Waals surface area contributed by atoms with Crippen LogP contribution in [0.4, 0.5) is 24.5 Å². The first-order valence-electron chi connectivity index (χ1n) is 15.6. The number of carbonyl (C=O) groups excluding carboxylic acids is 2. The molecule has 0 saturated heterocycles. The first-order chi connectivity index (χ1) is 23.4. The molecule has 0 fully saturated rings. The van der Waals surface area contributed by atoms with Gasteiger partial charge >= 0.3 is 5.97 Å². The van der Waals surface area contributed by atoms with Crippen molar-refractivity contribution in [3.05, 3.63) is 78.9 Å². The summed E-state index contributed by atoms with van der Waals surface area (Å²) in [5, 5.41) is 5.57. The third kappa shape index (κ3) is 10.9. The van der Waals surface area contributed by atoms with Crippen molar-refractivity contribution in [3.63, 3.8) is 0 Å². The lowest BCUT2D eigenvalue weighted by Gasteiger charge is -2.13. The molecule has 0 spiro atoms. The number of halogens is 6. The van der Waals surface area contributed by atoms with Gasteiger partial charge in [0.05, 0.1) is 29.0 Å². The Morgan fingerprint density at radius 2 is 1.19 bits per heavy atom. The predicted octanol–water partition coefficient (Wildman–Crippen LogP) is 10.8. The van der Waals surface area contributed by atoms with Crippen molar-refractivity contribution < 1.29 is 27.5 Å². The normalized spacial score (nSPS) is 10.6. The Bertz CT molecular complexity index is 2010. The number of esters is 1. The molecule has 286 valence electrons. The predicted molar refractivity (Wildman–Crippen MR) is 216 cm³/mol. The van der Waals surface area contributed by atoms with Crippen molar-refractivity contribution >= 4 is 93.1 Å². The summed E-state index contributed by atoms with van der Waals surface area (Å²) in [4.78, 5) is 31.9. The third-order valence-electron chi connectivity index (χ3n) is 6.89. The van der Waals surface area contributed by atoms with Crippen LogP contribution in [-0.4, -0.2) is 50.7 Å². The lowest BCUT2D eigenvalue weighted by molar-refractivity contribution is 0.0505. The molecule has 52 heavy (non-hydrogen) atoms. The number of carbonyl (C=O) groups is 2. The van der Waals surface area contributed by atoms with Crippen LogP contribution in [0.25, 0.3) is 22.1 Å². The Morgan fingerprint density at radius 3 is 1.62 bits per heavy atom. The van der Waals surface area contributed by atoms with Gasteiger partial charge in [-0.25, -0.2) is 27.9 Å². The highest BCUT2D eigenvalue weighted by atomic mass is 79.9. The van der Waals surface area contributed by atoms with E-state index in [4.69, 9.17) is 10.5 Å². The van der Waals surface area contributed by atoms with E-state index < -0.39 is 23.4 Å². The summed E-state index contributed by atoms with van der Waals surface area (Å²) in [6.45, 7) is 13.6. The minimum absolute atomic E-state index is 0. The molecular weight excluding hydrogens is 875 g/mol. The van der Waals surface area contributed by atoms with E-state index in [1.165, 1.54) is 25.2 Å². The van der Waals surface area contributed by atoms with Crippen molar-refractivity contribution in [2.75, 3.05) is 24.7 Å². The monoisotopic (exact) mass is 919 g/mol. The Labute approximate surface area is 328 Å². The maximum Gasteiger partial charge on any atom is 0.374 e. The maximum atomic E-state index is 13.9. The number of ether oxygens (including phenoxy) is 1. The summed E-state index contributed by atoms with van der Waals surface area (Å²) in [7, 11) is 1.53. The van der Waals surface area contributed by atoms with Crippen LogP contribution < -0.4 is 16.4 Å². The highest BCUT2D eigenvalue weighted by Gasteiger charge is 2.23. The number of aromatic nitrogens is 4. The van der Waals surface area contributed by atoms with Gasteiger partial charge in [-0.05, 0) is 84.9 Å². The fourth-order valence-corrected chi connectivity index (χ4v) is 6.18. The number of nitrogens with two attached hydrogens (primary N) is 1. The van der Waals surface area contributed by atoms with E-state index in [1.54, 1.807) is 34.3 Å². The fraction of sp³-hybridized carbons (Fsp3) is 0.389. The number of nitrogens with one attached hydrogen (secondary N) is 2. The summed E-state index contributed by atoms with van der Waals surface area (Å²) in [5.41, 5.74) is 7.91. The summed E-state index contributed by atoms with van der Waals surface area (Å²) < 4.78 is 51.1. The highest BCUT2D eigenvalue weighted by molar-refractivity contribution is 9.11. The smallest absolute Gasteiger partial charge is 0.374 e. The Morgan fingerprint density at radius 1 is 0.769 bits per heavy atom. The standard InChI is InChI=1S/C13H14BrFN2O2.C12H13BrFN3O.C9H12BrFN2.2CH4/c1-4-19-13(18)12-16-11-9(15)5-8(14)6-10(11)17(12)7(2)3;1-6(2)17-9-5-7(13)4-8(14)10(9)16-11(17)12(18)15-3;1-5(2)13-8-4-6(10)3-7(11)9(8)12;;/h5-7H,4H2,1-3H3;4-6H,1-3H3,(H,15,18);3-5,13H,12H2,1-2H3;2*1H4. The quantitative estimate of drug-likeness (QED) is 0.110. The average Bonchev–Trinajstić information content (AvgIpc) is 3.60. The van der Waals surface area contributed by atoms with E-state index in [1.807, 2.05) is 41.5 Å². The van der Waals surface area contributed by atoms with Gasteiger partial charge in [0.2, 0.25) is 5.82 Å². The largest absolute Gasteiger partial charge is 0.460 e. The molecule has 0 aliphatic heterocycles. The number of benzene rings is 3. The maximum absolute atomic E-state index is 13.9. The minimum Gasteiger partial charge on any atom is -0.460 e. The second kappa shape index (κ2) is 20.0. The van der Waals surface area contributed by atoms with Gasteiger partial charge in [0, 0.05) is 38.6 Å². The number of imidazole rings is 2. The van der Waals surface area contributed by atoms with Crippen molar-refractivity contribution in [3.8, 4) is 0 Å². The topological polar surface area (TPSA) is 129 Å². The number of rotatable bonds is 7. The van der Waals surface area contributed by atoms with E-state index in [0.29, 0.717) is 30.1 Å². The van der Waals surface area contributed by atoms with Crippen LogP contribution in [0.3, 0.4) is 0 Å². The first-order valence-corrected chi connectivity index (χ1v) is 17.9. The molecule has 4 N–H and O–H groups in total. The van der Waals surface area contributed by atoms with Crippen LogP contribution in [0, 0.1) is 17.5 Å². The second-order valence-electron chi connectivity index (χ2n) is 11.8. The van der Waals surface area contributed by atoms with Crippen molar-refractivity contribution in [1.82, 2.24) is 24.4 Å². The number of hydrogen-bond acceptors (Lipinski definition) is 7. The minimum atomic E-state index is -0.539. The Balaban J connectivity index is 0.000000390. The van der Waals surface area contributed by atoms with Gasteiger partial charge < -0.3 is 30.2 Å². The zero-order valence-corrected chi connectivity index (χ0v) is 33.5. The molecule has 1 amide bonds. The molecule has 0 aliphatic carbocycles. The van der Waals surface area contributed by atoms with Crippen LogP contribution in [0.5, 0.6) is 0 Å². The van der Waals surface area contributed by atoms with Crippen LogP contribution in [0.1, 0.15) is 96.6 Å². The van der Waals surface area contributed by atoms with Crippen LogP contribution in [-0.2, 0) is 4.74 Å². The van der Waals surface area contributed by atoms with Gasteiger partial charge in [-0.15, -0.1) is 0 Å². The molecule has 0 atom stereocenters. The number of anilines is 2. The van der Waals surface area contributed by atoms with Crippen molar-refractivity contribution in [2.24, 2.45) is 0 Å². The van der Waals surface area contributed by atoms with E-state index in [0.717, 1.165) is 0 Å². The lowest BCUT2D eigenvalue weighted by atomic mass is 10.2. The third-order valence-corrected chi connectivity index (χ3v) is 8.26. The number of amides is 1. The molecule has 0 bridgehead atoms. The fourth-order valence-electron chi connectivity index (χ4n) is 4.91. The zero-order valence-electron chi connectivity index (χ0n) is 28.8. The molecule has 2 heterocycles. The molecule has 5 rings (SSSR count). The molecule has 2 aromatic heterocycles. The molecule has 0 aliphatic rings. The molecule has 10 nitrogen and oxygen atoms in total. The number of nitrogen functional groups attached to an aromatic ring is 1. The van der Waals surface area contributed by atoms with Gasteiger partial charge in [0.15, 0.2) is 17.5 Å². The lowest BCUT2D eigenvalue weighted by Crippen LogP contribution is -2.23. The van der Waals surface area contributed by atoms with E-state index in [2.05, 4.69) is 68.4 Å². The van der Waals surface area contributed by atoms with Crippen LogP contribution in [0.15, 0.2) is 49.8 Å². The van der Waals surface area contributed by atoms with Gasteiger partial charge in [-0.1, -0.05) is 62.6 Å². The van der Waals surface area contributed by atoms with E-state index in [-0.39, 0.29) is 73.9 Å². The average molecular weight is 923 g/mol. The van der Waals surface area contributed by atoms with Crippen molar-refractivity contribution in [2.45, 2.75) is 81.4 Å². The van der Waals surface area contributed by atoms with Gasteiger partial charge in [0.1, 0.15) is 16.9 Å². The number of hydrogen-bond donors (Lipinski definition) is 3. The first kappa shape index (κ1) is 46.4. The summed E-state index contributed by atoms with van der Waals surface area (Å²) in [6, 6.07) is 9.50. The zero-order chi connectivity index (χ0) is 37.6. The molecule has 5 aromatic rings. The summed E-state index contributed by atoms with van der Waals surface area (Å²) in [6.07, 6.45) is 0. The molecule has 0 unspecified atom stereocenters. The van der Waals surface area contributed by atoms with Gasteiger partial charge in [0.25, 0.3) is 5.91 Å². The number of nitrogens with zero attached hydrogens (tertiary/aromatic N) is 4. The highest BCUT2D eigenvalue weighted by Crippen LogP contribution is 2.29. The van der Waals surface area contributed by atoms with E-state index in [9.17, 15) is 22.8 Å². The second-order valence-corrected chi connectivity index (χ2v) is 14.5. The van der Waals surface area contributed by atoms with Crippen LogP contribution >= 0.6 is 47.8 Å². The van der Waals surface area contributed by atoms with Gasteiger partial charge in [-0.2, -0.15) is 0 Å². The van der Waals surface area contributed by atoms with Crippen LogP contribution in [0.2, 0.25) is 0 Å². The molecule has 3 aromatic carbocycles. The molecular formula is C36H47Br3F3N7O3. The van der Waals surface area contributed by atoms with E-state index >= 15 is 0 Å². The van der Waals surface area contributed by atoms with Gasteiger partial charge in [-0.3, -0.25) is 4.79 Å². The molecule has 16 heteroatoms. The van der Waals surface area contributed by atoms with Crippen molar-refractivity contribution in [1.29, 1.82) is 0 Å². The SMILES string of the molecule is C.C.CC(C)Nc1cc(Br)cc(F)c1N.CCOC(=O)c1nc2c(F)cc(Br)cc2n1C(C)C.CNC(=O)c1nc2c(F)cc(Br)cc2n1C(C)C. The summed E-state index contributed by atoms with van der Waals surface area (Å²) >= 11 is 9.70. The number of fused-ring (bicyclic) bond motifs is 2. The summed E-state index contributed by atoms with van der Waals surface area (Å²) in [5.74, 6) is -1.82. The Kier molecular flexibility index (Phi) is 17.8. The molecule has 0 saturated carbocycles. The Hall–Kier alpha value is -3.63.